The second-order valence-electron chi connectivity index (χ2n) is 5.75. The molecule has 1 aromatic rings. The molecule has 1 aromatic carbocycles. The minimum atomic E-state index is -0.741. The first-order valence-corrected chi connectivity index (χ1v) is 7.89. The average Bonchev–Trinajstić information content (AvgIpc) is 2.48. The molecule has 1 fully saturated rings. The first-order valence-electron chi connectivity index (χ1n) is 7.51. The van der Waals surface area contributed by atoms with Crippen LogP contribution in [-0.4, -0.2) is 23.1 Å². The first-order chi connectivity index (χ1) is 10.5. The largest absolute Gasteiger partial charge is 0.481 e. The molecule has 1 saturated carbocycles. The molecule has 22 heavy (non-hydrogen) atoms. The monoisotopic (exact) mass is 324 g/mol. The van der Waals surface area contributed by atoms with Crippen LogP contribution < -0.4 is 10.6 Å². The van der Waals surface area contributed by atoms with Crippen molar-refractivity contribution in [3.63, 3.8) is 0 Å². The lowest BCUT2D eigenvalue weighted by molar-refractivity contribution is -0.142. The van der Waals surface area contributed by atoms with Crippen LogP contribution in [0, 0.1) is 5.92 Å². The predicted molar refractivity (Wildman–Crippen MR) is 84.9 cm³/mol. The van der Waals surface area contributed by atoms with E-state index in [4.69, 9.17) is 16.7 Å². The van der Waals surface area contributed by atoms with Crippen LogP contribution in [0.15, 0.2) is 24.3 Å². The summed E-state index contributed by atoms with van der Waals surface area (Å²) in [7, 11) is 0. The fourth-order valence-corrected chi connectivity index (χ4v) is 3.11. The summed E-state index contributed by atoms with van der Waals surface area (Å²) in [5, 5.41) is 15.4. The van der Waals surface area contributed by atoms with E-state index in [1.165, 1.54) is 0 Å². The third-order valence-corrected chi connectivity index (χ3v) is 4.48. The van der Waals surface area contributed by atoms with Gasteiger partial charge in [-0.2, -0.15) is 0 Å². The molecule has 6 heteroatoms. The van der Waals surface area contributed by atoms with Crippen LogP contribution in [0.2, 0.25) is 5.02 Å². The molecule has 0 bridgehead atoms. The maximum atomic E-state index is 12.0. The number of halogens is 1. The van der Waals surface area contributed by atoms with Gasteiger partial charge in [-0.15, -0.1) is 0 Å². The number of carbonyl (C=O) groups is 2. The number of rotatable bonds is 4. The SMILES string of the molecule is CC(NC(=O)NC1CCC(C(=O)O)CC1)c1ccccc1Cl. The standard InChI is InChI=1S/C16H21ClN2O3/c1-10(13-4-2-3-5-14(13)17)18-16(22)19-12-8-6-11(7-9-12)15(20)21/h2-5,10-12H,6-9H2,1H3,(H,20,21)(H2,18,19,22). The van der Waals surface area contributed by atoms with Gasteiger partial charge in [-0.25, -0.2) is 4.79 Å². The van der Waals surface area contributed by atoms with E-state index < -0.39 is 5.97 Å². The van der Waals surface area contributed by atoms with Crippen LogP contribution in [-0.2, 0) is 4.79 Å². The Hall–Kier alpha value is -1.75. The molecule has 0 spiro atoms. The Morgan fingerprint density at radius 2 is 1.86 bits per heavy atom. The minimum absolute atomic E-state index is 0.0362. The maximum absolute atomic E-state index is 12.0. The van der Waals surface area contributed by atoms with Gasteiger partial charge in [-0.05, 0) is 44.2 Å². The van der Waals surface area contributed by atoms with Crippen LogP contribution in [0.3, 0.4) is 0 Å². The van der Waals surface area contributed by atoms with Crippen LogP contribution in [0.1, 0.15) is 44.2 Å². The zero-order chi connectivity index (χ0) is 16.1. The van der Waals surface area contributed by atoms with E-state index in [2.05, 4.69) is 10.6 Å². The van der Waals surface area contributed by atoms with Crippen molar-refractivity contribution in [1.29, 1.82) is 0 Å². The zero-order valence-electron chi connectivity index (χ0n) is 12.5. The van der Waals surface area contributed by atoms with Gasteiger partial charge in [0, 0.05) is 11.1 Å². The zero-order valence-corrected chi connectivity index (χ0v) is 13.3. The second-order valence-corrected chi connectivity index (χ2v) is 6.15. The summed E-state index contributed by atoms with van der Waals surface area (Å²) in [6.45, 7) is 1.88. The van der Waals surface area contributed by atoms with Crippen molar-refractivity contribution in [2.24, 2.45) is 5.92 Å². The molecule has 0 radical (unpaired) electrons. The van der Waals surface area contributed by atoms with Gasteiger partial charge in [0.2, 0.25) is 0 Å². The van der Waals surface area contributed by atoms with Crippen LogP contribution in [0.25, 0.3) is 0 Å². The lowest BCUT2D eigenvalue weighted by Gasteiger charge is -2.27. The number of carboxylic acid groups (broad SMARTS) is 1. The van der Waals surface area contributed by atoms with Crippen molar-refractivity contribution < 1.29 is 14.7 Å². The Balaban J connectivity index is 1.81. The molecule has 0 aliphatic heterocycles. The molecule has 0 heterocycles. The number of urea groups is 1. The number of carbonyl (C=O) groups excluding carboxylic acids is 1. The molecule has 3 N–H and O–H groups in total. The van der Waals surface area contributed by atoms with E-state index in [-0.39, 0.29) is 24.0 Å². The fourth-order valence-electron chi connectivity index (χ4n) is 2.81. The van der Waals surface area contributed by atoms with E-state index in [1.807, 2.05) is 25.1 Å². The molecule has 5 nitrogen and oxygen atoms in total. The number of hydrogen-bond acceptors (Lipinski definition) is 2. The first kappa shape index (κ1) is 16.6. The quantitative estimate of drug-likeness (QED) is 0.794. The Kier molecular flexibility index (Phi) is 5.66. The summed E-state index contributed by atoms with van der Waals surface area (Å²) in [5.74, 6) is -1.02. The van der Waals surface area contributed by atoms with E-state index in [9.17, 15) is 9.59 Å². The summed E-state index contributed by atoms with van der Waals surface area (Å²) in [6, 6.07) is 7.00. The van der Waals surface area contributed by atoms with Gasteiger partial charge in [0.05, 0.1) is 12.0 Å². The van der Waals surface area contributed by atoms with Crippen molar-refractivity contribution in [3.8, 4) is 0 Å². The van der Waals surface area contributed by atoms with Gasteiger partial charge in [-0.1, -0.05) is 29.8 Å². The number of hydrogen-bond donors (Lipinski definition) is 3. The molecule has 2 rings (SSSR count). The lowest BCUT2D eigenvalue weighted by Crippen LogP contribution is -2.44. The van der Waals surface area contributed by atoms with Gasteiger partial charge in [0.25, 0.3) is 0 Å². The van der Waals surface area contributed by atoms with Gasteiger partial charge < -0.3 is 15.7 Å². The number of carboxylic acids is 1. The van der Waals surface area contributed by atoms with E-state index in [1.54, 1.807) is 6.07 Å². The number of amides is 2. The summed E-state index contributed by atoms with van der Waals surface area (Å²) in [5.41, 5.74) is 0.869. The highest BCUT2D eigenvalue weighted by Crippen LogP contribution is 2.25. The lowest BCUT2D eigenvalue weighted by atomic mass is 9.86. The van der Waals surface area contributed by atoms with Crippen molar-refractivity contribution in [3.05, 3.63) is 34.9 Å². The average molecular weight is 325 g/mol. The second kappa shape index (κ2) is 7.49. The Morgan fingerprint density at radius 1 is 1.23 bits per heavy atom. The smallest absolute Gasteiger partial charge is 0.315 e. The molecule has 120 valence electrons. The molecule has 1 aliphatic rings. The minimum Gasteiger partial charge on any atom is -0.481 e. The topological polar surface area (TPSA) is 78.4 Å². The molecular formula is C16H21ClN2O3. The number of aliphatic carboxylic acids is 1. The van der Waals surface area contributed by atoms with Crippen LogP contribution in [0.4, 0.5) is 4.79 Å². The Labute approximate surface area is 135 Å². The van der Waals surface area contributed by atoms with Gasteiger partial charge in [0.1, 0.15) is 0 Å². The van der Waals surface area contributed by atoms with Gasteiger partial charge >= 0.3 is 12.0 Å². The summed E-state index contributed by atoms with van der Waals surface area (Å²) < 4.78 is 0. The molecule has 0 aromatic heterocycles. The van der Waals surface area contributed by atoms with E-state index in [0.29, 0.717) is 30.7 Å². The summed E-state index contributed by atoms with van der Waals surface area (Å²) in [6.07, 6.45) is 2.62. The number of benzene rings is 1. The molecular weight excluding hydrogens is 304 g/mol. The molecule has 1 unspecified atom stereocenters. The molecule has 1 atom stereocenters. The normalized spacial score (nSPS) is 22.6. The maximum Gasteiger partial charge on any atom is 0.315 e. The van der Waals surface area contributed by atoms with Gasteiger partial charge in [0.15, 0.2) is 0 Å². The van der Waals surface area contributed by atoms with Crippen LogP contribution >= 0.6 is 11.6 Å². The van der Waals surface area contributed by atoms with Crippen molar-refractivity contribution >= 4 is 23.6 Å². The summed E-state index contributed by atoms with van der Waals surface area (Å²) >= 11 is 6.11. The fraction of sp³-hybridized carbons (Fsp3) is 0.500. The highest BCUT2D eigenvalue weighted by atomic mass is 35.5. The number of nitrogens with one attached hydrogen (secondary N) is 2. The Morgan fingerprint density at radius 3 is 2.45 bits per heavy atom. The van der Waals surface area contributed by atoms with E-state index >= 15 is 0 Å². The third-order valence-electron chi connectivity index (χ3n) is 4.13. The third kappa shape index (κ3) is 4.37. The summed E-state index contributed by atoms with van der Waals surface area (Å²) in [4.78, 5) is 22.9. The van der Waals surface area contributed by atoms with Crippen molar-refractivity contribution in [1.82, 2.24) is 10.6 Å². The van der Waals surface area contributed by atoms with E-state index in [0.717, 1.165) is 5.56 Å². The van der Waals surface area contributed by atoms with Crippen LogP contribution in [0.5, 0.6) is 0 Å². The van der Waals surface area contributed by atoms with Crippen molar-refractivity contribution in [2.75, 3.05) is 0 Å². The van der Waals surface area contributed by atoms with Crippen molar-refractivity contribution in [2.45, 2.75) is 44.7 Å². The Bertz CT molecular complexity index is 542. The highest BCUT2D eigenvalue weighted by molar-refractivity contribution is 6.31. The molecule has 2 amide bonds. The molecule has 0 saturated heterocycles. The van der Waals surface area contributed by atoms with Gasteiger partial charge in [-0.3, -0.25) is 4.79 Å². The highest BCUT2D eigenvalue weighted by Gasteiger charge is 2.26. The predicted octanol–water partition coefficient (Wildman–Crippen LogP) is 3.34. The molecule has 1 aliphatic carbocycles.